The maximum absolute atomic E-state index is 13.6. The summed E-state index contributed by atoms with van der Waals surface area (Å²) in [6.07, 6.45) is 3.56. The Morgan fingerprint density at radius 2 is 2.25 bits per heavy atom. The van der Waals surface area contributed by atoms with E-state index in [4.69, 9.17) is 11.6 Å². The van der Waals surface area contributed by atoms with E-state index in [0.29, 0.717) is 5.02 Å². The highest BCUT2D eigenvalue weighted by atomic mass is 35.5. The second-order valence-electron chi connectivity index (χ2n) is 4.58. The van der Waals surface area contributed by atoms with Crippen LogP contribution >= 0.6 is 11.6 Å². The summed E-state index contributed by atoms with van der Waals surface area (Å²) in [4.78, 5) is 0. The maximum Gasteiger partial charge on any atom is 0.128 e. The van der Waals surface area contributed by atoms with Crippen molar-refractivity contribution in [3.8, 4) is 0 Å². The third-order valence-electron chi connectivity index (χ3n) is 3.08. The molecule has 0 heterocycles. The fourth-order valence-electron chi connectivity index (χ4n) is 1.85. The van der Waals surface area contributed by atoms with Crippen LogP contribution in [0, 0.1) is 5.82 Å². The van der Waals surface area contributed by atoms with Crippen molar-refractivity contribution in [2.24, 2.45) is 0 Å². The Bertz CT molecular complexity index is 363. The molecule has 1 nitrogen and oxygen atoms in total. The molecule has 16 heavy (non-hydrogen) atoms. The van der Waals surface area contributed by atoms with Crippen LogP contribution in [0.15, 0.2) is 18.2 Å². The molecule has 1 aliphatic carbocycles. The first-order valence-corrected chi connectivity index (χ1v) is 6.23. The Labute approximate surface area is 101 Å². The molecule has 0 radical (unpaired) electrons. The van der Waals surface area contributed by atoms with E-state index in [2.05, 4.69) is 12.2 Å². The van der Waals surface area contributed by atoms with E-state index in [-0.39, 0.29) is 11.7 Å². The van der Waals surface area contributed by atoms with Crippen LogP contribution in [-0.2, 0) is 0 Å². The molecule has 1 atom stereocenters. The molecule has 3 heteroatoms. The van der Waals surface area contributed by atoms with Crippen LogP contribution in [0.2, 0.25) is 5.02 Å². The van der Waals surface area contributed by atoms with Crippen LogP contribution in [0.25, 0.3) is 0 Å². The summed E-state index contributed by atoms with van der Waals surface area (Å²) in [5, 5.41) is 3.90. The van der Waals surface area contributed by atoms with Crippen LogP contribution in [0.3, 0.4) is 0 Å². The molecule has 1 saturated carbocycles. The molecule has 1 aromatic rings. The van der Waals surface area contributed by atoms with Gasteiger partial charge in [0, 0.05) is 11.1 Å². The van der Waals surface area contributed by atoms with Gasteiger partial charge in [-0.15, -0.1) is 0 Å². The van der Waals surface area contributed by atoms with Crippen molar-refractivity contribution in [3.63, 3.8) is 0 Å². The lowest BCUT2D eigenvalue weighted by Crippen LogP contribution is -2.19. The van der Waals surface area contributed by atoms with Gasteiger partial charge in [-0.1, -0.05) is 24.6 Å². The molecule has 2 rings (SSSR count). The van der Waals surface area contributed by atoms with Gasteiger partial charge in [-0.3, -0.25) is 0 Å². The van der Waals surface area contributed by atoms with Gasteiger partial charge in [-0.2, -0.15) is 0 Å². The fourth-order valence-corrected chi connectivity index (χ4v) is 2.01. The summed E-state index contributed by atoms with van der Waals surface area (Å²) >= 11 is 5.72. The molecule has 0 saturated heterocycles. The van der Waals surface area contributed by atoms with Crippen molar-refractivity contribution in [2.45, 2.75) is 38.1 Å². The summed E-state index contributed by atoms with van der Waals surface area (Å²) < 4.78 is 13.6. The molecular weight excluding hydrogens is 225 g/mol. The van der Waals surface area contributed by atoms with Crippen molar-refractivity contribution < 1.29 is 4.39 Å². The molecule has 1 unspecified atom stereocenters. The molecule has 1 aromatic carbocycles. The monoisotopic (exact) mass is 241 g/mol. The first-order chi connectivity index (χ1) is 7.66. The van der Waals surface area contributed by atoms with Gasteiger partial charge in [0.05, 0.1) is 0 Å². The normalized spacial score (nSPS) is 17.4. The lowest BCUT2D eigenvalue weighted by molar-refractivity contribution is 0.551. The van der Waals surface area contributed by atoms with E-state index in [1.54, 1.807) is 12.1 Å². The number of benzene rings is 1. The summed E-state index contributed by atoms with van der Waals surface area (Å²) in [5.74, 6) is 0.0509. The molecule has 0 spiro atoms. The van der Waals surface area contributed by atoms with Crippen molar-refractivity contribution in [2.75, 3.05) is 6.54 Å². The topological polar surface area (TPSA) is 12.0 Å². The summed E-state index contributed by atoms with van der Waals surface area (Å²) in [6.45, 7) is 3.02. The second kappa shape index (κ2) is 5.15. The highest BCUT2D eigenvalue weighted by Gasteiger charge is 2.20. The third-order valence-corrected chi connectivity index (χ3v) is 3.32. The van der Waals surface area contributed by atoms with Gasteiger partial charge in [0.2, 0.25) is 0 Å². The van der Waals surface area contributed by atoms with Crippen LogP contribution in [0.1, 0.15) is 37.7 Å². The Morgan fingerprint density at radius 3 is 2.88 bits per heavy atom. The standard InChI is InChI=1S/C13H17ClFN/c1-9(6-7-16-11-3-4-11)12-5-2-10(14)8-13(12)15/h2,5,8-9,11,16H,3-4,6-7H2,1H3. The molecule has 0 bridgehead atoms. The first kappa shape index (κ1) is 11.9. The van der Waals surface area contributed by atoms with Crippen molar-refractivity contribution >= 4 is 11.6 Å². The Balaban J connectivity index is 1.88. The number of nitrogens with one attached hydrogen (secondary N) is 1. The predicted molar refractivity (Wildman–Crippen MR) is 65.5 cm³/mol. The molecule has 0 amide bonds. The van der Waals surface area contributed by atoms with Gasteiger partial charge >= 0.3 is 0 Å². The Morgan fingerprint density at radius 1 is 1.50 bits per heavy atom. The van der Waals surface area contributed by atoms with Crippen LogP contribution in [-0.4, -0.2) is 12.6 Å². The lowest BCUT2D eigenvalue weighted by atomic mass is 9.97. The van der Waals surface area contributed by atoms with Gasteiger partial charge in [-0.05, 0) is 49.4 Å². The highest BCUT2D eigenvalue weighted by Crippen LogP contribution is 2.25. The zero-order chi connectivity index (χ0) is 11.5. The van der Waals surface area contributed by atoms with Crippen LogP contribution in [0.5, 0.6) is 0 Å². The smallest absolute Gasteiger partial charge is 0.128 e. The van der Waals surface area contributed by atoms with E-state index in [9.17, 15) is 4.39 Å². The lowest BCUT2D eigenvalue weighted by Gasteiger charge is -2.13. The zero-order valence-electron chi connectivity index (χ0n) is 9.47. The number of halogens is 2. The third kappa shape index (κ3) is 3.19. The predicted octanol–water partition coefficient (Wildman–Crippen LogP) is 3.72. The minimum atomic E-state index is -0.188. The van der Waals surface area contributed by atoms with Crippen molar-refractivity contribution in [1.29, 1.82) is 0 Å². The van der Waals surface area contributed by atoms with Crippen LogP contribution in [0.4, 0.5) is 4.39 Å². The molecule has 1 N–H and O–H groups in total. The summed E-state index contributed by atoms with van der Waals surface area (Å²) in [7, 11) is 0. The number of rotatable bonds is 5. The molecule has 1 aliphatic rings. The van der Waals surface area contributed by atoms with Gasteiger partial charge in [0.25, 0.3) is 0 Å². The molecule has 1 fully saturated rings. The van der Waals surface area contributed by atoms with Crippen molar-refractivity contribution in [3.05, 3.63) is 34.6 Å². The molecule has 88 valence electrons. The average molecular weight is 242 g/mol. The summed E-state index contributed by atoms with van der Waals surface area (Å²) in [5.41, 5.74) is 0.766. The Kier molecular flexibility index (Phi) is 3.82. The fraction of sp³-hybridized carbons (Fsp3) is 0.538. The second-order valence-corrected chi connectivity index (χ2v) is 5.02. The molecule has 0 aromatic heterocycles. The number of hydrogen-bond donors (Lipinski definition) is 1. The van der Waals surface area contributed by atoms with Crippen molar-refractivity contribution in [1.82, 2.24) is 5.32 Å². The minimum Gasteiger partial charge on any atom is -0.314 e. The first-order valence-electron chi connectivity index (χ1n) is 5.85. The largest absolute Gasteiger partial charge is 0.314 e. The van der Waals surface area contributed by atoms with Gasteiger partial charge in [-0.25, -0.2) is 4.39 Å². The van der Waals surface area contributed by atoms with E-state index in [1.165, 1.54) is 18.9 Å². The SMILES string of the molecule is CC(CCNC1CC1)c1ccc(Cl)cc1F. The van der Waals surface area contributed by atoms with Crippen LogP contribution < -0.4 is 5.32 Å². The maximum atomic E-state index is 13.6. The van der Waals surface area contributed by atoms with E-state index in [1.807, 2.05) is 0 Å². The number of hydrogen-bond acceptors (Lipinski definition) is 1. The molecule has 0 aliphatic heterocycles. The van der Waals surface area contributed by atoms with Gasteiger partial charge < -0.3 is 5.32 Å². The Hall–Kier alpha value is -0.600. The van der Waals surface area contributed by atoms with Gasteiger partial charge in [0.15, 0.2) is 0 Å². The van der Waals surface area contributed by atoms with E-state index in [0.717, 1.165) is 24.6 Å². The quantitative estimate of drug-likeness (QED) is 0.829. The van der Waals surface area contributed by atoms with E-state index >= 15 is 0 Å². The molecular formula is C13H17ClFN. The minimum absolute atomic E-state index is 0.188. The average Bonchev–Trinajstić information content (AvgIpc) is 3.01. The summed E-state index contributed by atoms with van der Waals surface area (Å²) in [6, 6.07) is 5.66. The highest BCUT2D eigenvalue weighted by molar-refractivity contribution is 6.30. The zero-order valence-corrected chi connectivity index (χ0v) is 10.2. The van der Waals surface area contributed by atoms with E-state index < -0.39 is 0 Å². The van der Waals surface area contributed by atoms with Gasteiger partial charge in [0.1, 0.15) is 5.82 Å².